The maximum absolute atomic E-state index is 15.1. The minimum atomic E-state index is -0.672. The minimum absolute atomic E-state index is 0.00233. The van der Waals surface area contributed by atoms with Crippen LogP contribution in [0.25, 0.3) is 11.1 Å². The van der Waals surface area contributed by atoms with Crippen LogP contribution in [0.4, 0.5) is 4.39 Å². The Morgan fingerprint density at radius 1 is 1.07 bits per heavy atom. The number of benzene rings is 3. The van der Waals surface area contributed by atoms with Gasteiger partial charge < -0.3 is 29.7 Å². The zero-order chi connectivity index (χ0) is 30.5. The lowest BCUT2D eigenvalue weighted by Gasteiger charge is -2.39. The molecule has 1 fully saturated rings. The van der Waals surface area contributed by atoms with E-state index in [1.807, 2.05) is 19.9 Å². The van der Waals surface area contributed by atoms with Crippen molar-refractivity contribution in [3.63, 3.8) is 0 Å². The summed E-state index contributed by atoms with van der Waals surface area (Å²) in [5.41, 5.74) is 1.91. The fraction of sp³-hybridized carbons (Fsp3) is 0.364. The lowest BCUT2D eigenvalue weighted by molar-refractivity contribution is -0.134. The average Bonchev–Trinajstić information content (AvgIpc) is 2.99. The van der Waals surface area contributed by atoms with E-state index in [0.717, 1.165) is 5.56 Å². The molecule has 9 nitrogen and oxygen atoms in total. The molecule has 3 aliphatic heterocycles. The zero-order valence-electron chi connectivity index (χ0n) is 24.5. The summed E-state index contributed by atoms with van der Waals surface area (Å²) in [6.45, 7) is 4.67. The molecular formula is C33H36FN3O6. The molecule has 0 unspecified atom stereocenters. The van der Waals surface area contributed by atoms with E-state index in [1.165, 1.54) is 19.2 Å². The molecule has 0 saturated carbocycles. The van der Waals surface area contributed by atoms with Gasteiger partial charge in [0, 0.05) is 44.1 Å². The molecule has 2 atom stereocenters. The van der Waals surface area contributed by atoms with E-state index in [0.29, 0.717) is 47.8 Å². The Balaban J connectivity index is 1.51. The number of hydrogen-bond acceptors (Lipinski definition) is 6. The van der Waals surface area contributed by atoms with Crippen molar-refractivity contribution in [1.82, 2.24) is 15.5 Å². The van der Waals surface area contributed by atoms with E-state index in [-0.39, 0.29) is 43.0 Å². The number of ether oxygens (including phenoxy) is 3. The second kappa shape index (κ2) is 13.1. The number of methoxy groups -OCH3 is 1. The molecule has 3 heterocycles. The molecule has 43 heavy (non-hydrogen) atoms. The van der Waals surface area contributed by atoms with E-state index >= 15 is 4.39 Å². The van der Waals surface area contributed by atoms with Gasteiger partial charge in [-0.1, -0.05) is 32.0 Å². The Morgan fingerprint density at radius 2 is 1.88 bits per heavy atom. The standard InChI is InChI=1S/C33H36FN3O6/c1-20(2)13-32(39)37-12-11-29-28(18-37)36-33(40)26-15-22(8-10-27(26)34)21-5-4-6-24(14-21)42-19-31(38)35-17-23-7-9-25(43-29)16-30(23)41-3/h4-10,14-16,20,28-29H,11-13,17-19H2,1-3H3,(H,35,38)(H,36,40)/t28-,29+/m1/s1. The number of amides is 3. The summed E-state index contributed by atoms with van der Waals surface area (Å²) in [5.74, 6) is 0.0600. The predicted octanol–water partition coefficient (Wildman–Crippen LogP) is 4.33. The molecule has 3 aliphatic rings. The van der Waals surface area contributed by atoms with E-state index in [4.69, 9.17) is 14.2 Å². The summed E-state index contributed by atoms with van der Waals surface area (Å²) in [4.78, 5) is 40.8. The van der Waals surface area contributed by atoms with Gasteiger partial charge in [0.2, 0.25) is 5.91 Å². The minimum Gasteiger partial charge on any atom is -0.496 e. The van der Waals surface area contributed by atoms with Crippen LogP contribution in [0.1, 0.15) is 42.6 Å². The molecule has 6 bridgehead atoms. The summed E-state index contributed by atoms with van der Waals surface area (Å²) in [7, 11) is 1.53. The first kappa shape index (κ1) is 29.9. The SMILES string of the molecule is COc1cc2ccc1CNC(=O)COc1cccc(c1)-c1ccc(F)c(c1)C(=O)N[C@@H]1CN(C(=O)CC(C)C)CC[C@@H]1O2. The van der Waals surface area contributed by atoms with Gasteiger partial charge >= 0.3 is 0 Å². The average molecular weight is 590 g/mol. The van der Waals surface area contributed by atoms with E-state index in [2.05, 4.69) is 10.6 Å². The Bertz CT molecular complexity index is 1510. The molecule has 1 saturated heterocycles. The number of fused-ring (bicyclic) bond motifs is 7. The van der Waals surface area contributed by atoms with Crippen LogP contribution in [0.15, 0.2) is 60.7 Å². The van der Waals surface area contributed by atoms with E-state index in [9.17, 15) is 14.4 Å². The molecule has 0 aliphatic carbocycles. The first-order valence-corrected chi connectivity index (χ1v) is 14.4. The van der Waals surface area contributed by atoms with Crippen molar-refractivity contribution in [2.24, 2.45) is 5.92 Å². The van der Waals surface area contributed by atoms with Crippen molar-refractivity contribution >= 4 is 17.7 Å². The second-order valence-corrected chi connectivity index (χ2v) is 11.2. The lowest BCUT2D eigenvalue weighted by Crippen LogP contribution is -2.58. The summed E-state index contributed by atoms with van der Waals surface area (Å²) >= 11 is 0. The summed E-state index contributed by atoms with van der Waals surface area (Å²) in [6, 6.07) is 16.0. The quantitative estimate of drug-likeness (QED) is 0.471. The molecular weight excluding hydrogens is 553 g/mol. The molecule has 226 valence electrons. The van der Waals surface area contributed by atoms with Crippen LogP contribution in [0.3, 0.4) is 0 Å². The number of hydrogen-bond donors (Lipinski definition) is 2. The predicted molar refractivity (Wildman–Crippen MR) is 158 cm³/mol. The molecule has 0 spiro atoms. The van der Waals surface area contributed by atoms with Gasteiger partial charge in [0.05, 0.1) is 18.7 Å². The van der Waals surface area contributed by atoms with Crippen LogP contribution in [-0.2, 0) is 16.1 Å². The second-order valence-electron chi connectivity index (χ2n) is 11.2. The number of piperidine rings is 1. The number of nitrogens with zero attached hydrogens (tertiary/aromatic N) is 1. The highest BCUT2D eigenvalue weighted by atomic mass is 19.1. The summed E-state index contributed by atoms with van der Waals surface area (Å²) in [5, 5.41) is 5.80. The zero-order valence-corrected chi connectivity index (χ0v) is 24.5. The maximum Gasteiger partial charge on any atom is 0.258 e. The first-order valence-electron chi connectivity index (χ1n) is 14.4. The van der Waals surface area contributed by atoms with Crippen LogP contribution in [0.2, 0.25) is 0 Å². The first-order chi connectivity index (χ1) is 20.7. The van der Waals surface area contributed by atoms with Crippen molar-refractivity contribution in [3.8, 4) is 28.4 Å². The number of likely N-dealkylation sites (tertiary alicyclic amines) is 1. The highest BCUT2D eigenvalue weighted by Gasteiger charge is 2.35. The smallest absolute Gasteiger partial charge is 0.258 e. The number of halogens is 1. The number of carbonyl (C=O) groups excluding carboxylic acids is 3. The Labute approximate surface area is 250 Å². The van der Waals surface area contributed by atoms with Gasteiger partial charge in [0.1, 0.15) is 29.2 Å². The fourth-order valence-electron chi connectivity index (χ4n) is 5.32. The topological polar surface area (TPSA) is 106 Å². The molecule has 3 aromatic rings. The van der Waals surface area contributed by atoms with Crippen molar-refractivity contribution in [3.05, 3.63) is 77.6 Å². The fourth-order valence-corrected chi connectivity index (χ4v) is 5.32. The largest absolute Gasteiger partial charge is 0.496 e. The third-order valence-electron chi connectivity index (χ3n) is 7.57. The van der Waals surface area contributed by atoms with Crippen LogP contribution in [0, 0.1) is 11.7 Å². The Hall–Kier alpha value is -4.60. The van der Waals surface area contributed by atoms with Crippen LogP contribution < -0.4 is 24.8 Å². The molecule has 3 aromatic carbocycles. The molecule has 0 aromatic heterocycles. The van der Waals surface area contributed by atoms with Crippen LogP contribution in [-0.4, -0.2) is 61.6 Å². The lowest BCUT2D eigenvalue weighted by atomic mass is 9.98. The van der Waals surface area contributed by atoms with Gasteiger partial charge in [-0.25, -0.2) is 4.39 Å². The highest BCUT2D eigenvalue weighted by Crippen LogP contribution is 2.29. The van der Waals surface area contributed by atoms with Crippen molar-refractivity contribution in [1.29, 1.82) is 0 Å². The normalized spacial score (nSPS) is 19.0. The monoisotopic (exact) mass is 589 g/mol. The van der Waals surface area contributed by atoms with Gasteiger partial charge in [-0.15, -0.1) is 0 Å². The van der Waals surface area contributed by atoms with E-state index < -0.39 is 23.9 Å². The molecule has 3 amide bonds. The third-order valence-corrected chi connectivity index (χ3v) is 7.57. The van der Waals surface area contributed by atoms with E-state index in [1.54, 1.807) is 47.4 Å². The molecule has 10 heteroatoms. The van der Waals surface area contributed by atoms with Gasteiger partial charge in [-0.05, 0) is 53.4 Å². The molecule has 2 N–H and O–H groups in total. The van der Waals surface area contributed by atoms with Crippen LogP contribution in [0.5, 0.6) is 17.2 Å². The summed E-state index contributed by atoms with van der Waals surface area (Å²) < 4.78 is 32.7. The maximum atomic E-state index is 15.1. The van der Waals surface area contributed by atoms with Crippen LogP contribution >= 0.6 is 0 Å². The third kappa shape index (κ3) is 7.25. The van der Waals surface area contributed by atoms with Gasteiger partial charge in [0.15, 0.2) is 6.61 Å². The van der Waals surface area contributed by atoms with Gasteiger partial charge in [-0.3, -0.25) is 14.4 Å². The van der Waals surface area contributed by atoms with Crippen molar-refractivity contribution < 1.29 is 33.0 Å². The van der Waals surface area contributed by atoms with Gasteiger partial charge in [-0.2, -0.15) is 0 Å². The number of carbonyl (C=O) groups is 3. The number of nitrogens with one attached hydrogen (secondary N) is 2. The van der Waals surface area contributed by atoms with Gasteiger partial charge in [0.25, 0.3) is 11.8 Å². The Morgan fingerprint density at radius 3 is 2.67 bits per heavy atom. The Kier molecular flexibility index (Phi) is 9.13. The molecule has 6 rings (SSSR count). The number of rotatable bonds is 3. The highest BCUT2D eigenvalue weighted by molar-refractivity contribution is 5.96. The summed E-state index contributed by atoms with van der Waals surface area (Å²) in [6.07, 6.45) is 0.360. The van der Waals surface area contributed by atoms with Crippen molar-refractivity contribution in [2.45, 2.75) is 45.4 Å². The molecule has 0 radical (unpaired) electrons. The van der Waals surface area contributed by atoms with Crippen molar-refractivity contribution in [2.75, 3.05) is 26.8 Å².